The molecule has 2 saturated heterocycles. The van der Waals surface area contributed by atoms with Crippen molar-refractivity contribution in [1.82, 2.24) is 0 Å². The van der Waals surface area contributed by atoms with Crippen molar-refractivity contribution in [3.05, 3.63) is 35.9 Å². The van der Waals surface area contributed by atoms with Crippen LogP contribution in [0.3, 0.4) is 0 Å². The molecule has 2 aliphatic rings. The van der Waals surface area contributed by atoms with Gasteiger partial charge in [-0.1, -0.05) is 37.3 Å². The lowest BCUT2D eigenvalue weighted by Crippen LogP contribution is -2.41. The Kier molecular flexibility index (Phi) is 5.13. The van der Waals surface area contributed by atoms with Gasteiger partial charge in [-0.2, -0.15) is 0 Å². The van der Waals surface area contributed by atoms with E-state index in [-0.39, 0.29) is 48.3 Å². The van der Waals surface area contributed by atoms with Gasteiger partial charge in [0.05, 0.1) is 22.4 Å². The second-order valence-corrected chi connectivity index (χ2v) is 10.0. The third-order valence-electron chi connectivity index (χ3n) is 7.02. The molecule has 1 aromatic carbocycles. The van der Waals surface area contributed by atoms with Crippen LogP contribution in [0.4, 0.5) is 0 Å². The molecule has 2 atom stereocenters. The maximum atomic E-state index is 6.43. The van der Waals surface area contributed by atoms with E-state index in [0.29, 0.717) is 0 Å². The van der Waals surface area contributed by atoms with E-state index in [1.807, 2.05) is 6.07 Å². The average molecular weight is 372 g/mol. The Balaban J connectivity index is 1.93. The molecule has 3 rings (SSSR count). The van der Waals surface area contributed by atoms with Crippen LogP contribution in [0.5, 0.6) is 0 Å². The molecule has 2 fully saturated rings. The predicted molar refractivity (Wildman–Crippen MR) is 111 cm³/mol. The molecule has 0 aliphatic carbocycles. The topological polar surface area (TPSA) is 36.9 Å². The van der Waals surface area contributed by atoms with Gasteiger partial charge < -0.3 is 18.6 Å². The molecule has 0 bridgehead atoms. The molecule has 4 nitrogen and oxygen atoms in total. The highest BCUT2D eigenvalue weighted by Crippen LogP contribution is 2.48. The summed E-state index contributed by atoms with van der Waals surface area (Å²) in [6.07, 6.45) is 0. The van der Waals surface area contributed by atoms with Gasteiger partial charge in [-0.25, -0.2) is 0 Å². The maximum absolute atomic E-state index is 6.43. The molecule has 2 heterocycles. The predicted octanol–water partition coefficient (Wildman–Crippen LogP) is 4.88. The first-order chi connectivity index (χ1) is 12.3. The molecular formula is C21H34B2O4. The molecular weight excluding hydrogens is 338 g/mol. The van der Waals surface area contributed by atoms with Gasteiger partial charge in [0, 0.05) is 5.82 Å². The van der Waals surface area contributed by atoms with Gasteiger partial charge in [-0.15, -0.1) is 0 Å². The fourth-order valence-electron chi connectivity index (χ4n) is 3.69. The van der Waals surface area contributed by atoms with Crippen molar-refractivity contribution in [2.24, 2.45) is 0 Å². The summed E-state index contributed by atoms with van der Waals surface area (Å²) >= 11 is 0. The van der Waals surface area contributed by atoms with Gasteiger partial charge in [-0.3, -0.25) is 0 Å². The lowest BCUT2D eigenvalue weighted by Gasteiger charge is -2.32. The van der Waals surface area contributed by atoms with Crippen LogP contribution in [-0.4, -0.2) is 36.6 Å². The van der Waals surface area contributed by atoms with Gasteiger partial charge in [0.2, 0.25) is 0 Å². The van der Waals surface area contributed by atoms with Crippen LogP contribution < -0.4 is 0 Å². The van der Waals surface area contributed by atoms with Crippen molar-refractivity contribution in [2.75, 3.05) is 0 Å². The highest BCUT2D eigenvalue weighted by Gasteiger charge is 2.59. The monoisotopic (exact) mass is 372 g/mol. The van der Waals surface area contributed by atoms with Crippen molar-refractivity contribution in [3.8, 4) is 0 Å². The van der Waals surface area contributed by atoms with Crippen molar-refractivity contribution in [2.45, 2.75) is 96.4 Å². The van der Waals surface area contributed by atoms with Crippen LogP contribution >= 0.6 is 0 Å². The molecule has 0 aromatic heterocycles. The minimum absolute atomic E-state index is 0.00181. The van der Waals surface area contributed by atoms with Crippen molar-refractivity contribution in [1.29, 1.82) is 0 Å². The Morgan fingerprint density at radius 1 is 0.630 bits per heavy atom. The van der Waals surface area contributed by atoms with E-state index in [9.17, 15) is 0 Å². The Labute approximate surface area is 165 Å². The molecule has 2 unspecified atom stereocenters. The van der Waals surface area contributed by atoms with E-state index in [0.717, 1.165) is 0 Å². The summed E-state index contributed by atoms with van der Waals surface area (Å²) in [5.41, 5.74) is -0.286. The smallest absolute Gasteiger partial charge is 0.403 e. The second kappa shape index (κ2) is 6.62. The zero-order valence-electron chi connectivity index (χ0n) is 18.3. The van der Waals surface area contributed by atoms with Gasteiger partial charge in [0.25, 0.3) is 0 Å². The summed E-state index contributed by atoms with van der Waals surface area (Å²) in [5.74, 6) is 0.0603. The van der Waals surface area contributed by atoms with Crippen molar-refractivity contribution in [3.63, 3.8) is 0 Å². The lowest BCUT2D eigenvalue weighted by molar-refractivity contribution is 0.00578. The maximum Gasteiger partial charge on any atom is 0.465 e. The Morgan fingerprint density at radius 3 is 1.41 bits per heavy atom. The molecule has 0 radical (unpaired) electrons. The van der Waals surface area contributed by atoms with Crippen LogP contribution in [0.15, 0.2) is 30.3 Å². The SMILES string of the molecule is CC(B1OC(C)(C)C(C)(C)O1)C(B1OC(C)(C)C(C)(C)O1)c1ccccc1. The lowest BCUT2D eigenvalue weighted by atomic mass is 9.51. The van der Waals surface area contributed by atoms with Crippen molar-refractivity contribution < 1.29 is 18.6 Å². The first kappa shape index (κ1) is 20.9. The van der Waals surface area contributed by atoms with E-state index < -0.39 is 0 Å². The van der Waals surface area contributed by atoms with Crippen LogP contribution in [0.25, 0.3) is 0 Å². The zero-order valence-corrected chi connectivity index (χ0v) is 18.3. The largest absolute Gasteiger partial charge is 0.465 e. The zero-order chi connectivity index (χ0) is 20.3. The quantitative estimate of drug-likeness (QED) is 0.706. The van der Waals surface area contributed by atoms with E-state index in [2.05, 4.69) is 86.6 Å². The van der Waals surface area contributed by atoms with Gasteiger partial charge in [0.15, 0.2) is 0 Å². The van der Waals surface area contributed by atoms with Crippen LogP contribution in [0.1, 0.15) is 73.7 Å². The number of benzene rings is 1. The van der Waals surface area contributed by atoms with Crippen LogP contribution in [-0.2, 0) is 18.6 Å². The van der Waals surface area contributed by atoms with Crippen LogP contribution in [0, 0.1) is 0 Å². The van der Waals surface area contributed by atoms with E-state index >= 15 is 0 Å². The third-order valence-corrected chi connectivity index (χ3v) is 7.02. The Morgan fingerprint density at radius 2 is 1.00 bits per heavy atom. The fraction of sp³-hybridized carbons (Fsp3) is 0.714. The van der Waals surface area contributed by atoms with Gasteiger partial charge in [0.1, 0.15) is 0 Å². The fourth-order valence-corrected chi connectivity index (χ4v) is 3.69. The molecule has 27 heavy (non-hydrogen) atoms. The van der Waals surface area contributed by atoms with E-state index in [1.54, 1.807) is 0 Å². The molecule has 1 aromatic rings. The third kappa shape index (κ3) is 3.62. The molecule has 0 spiro atoms. The summed E-state index contributed by atoms with van der Waals surface area (Å²) < 4.78 is 25.6. The number of hydrogen-bond donors (Lipinski definition) is 0. The standard InChI is InChI=1S/C21H34B2O4/c1-15(22-24-18(2,3)19(4,5)25-22)17(16-13-11-10-12-14-16)23-26-20(6,7)21(8,9)27-23/h10-15,17H,1-9H3. The van der Waals surface area contributed by atoms with Gasteiger partial charge in [-0.05, 0) is 66.8 Å². The van der Waals surface area contributed by atoms with Gasteiger partial charge >= 0.3 is 14.2 Å². The Hall–Kier alpha value is -0.810. The van der Waals surface area contributed by atoms with E-state index in [4.69, 9.17) is 18.6 Å². The Bertz CT molecular complexity index is 640. The summed E-state index contributed by atoms with van der Waals surface area (Å²) in [4.78, 5) is 0. The normalized spacial score (nSPS) is 27.6. The first-order valence-electron chi connectivity index (χ1n) is 10.0. The second-order valence-electron chi connectivity index (χ2n) is 10.0. The molecule has 6 heteroatoms. The summed E-state index contributed by atoms with van der Waals surface area (Å²) in [6.45, 7) is 18.9. The highest BCUT2D eigenvalue weighted by molar-refractivity contribution is 6.54. The van der Waals surface area contributed by atoms with Crippen molar-refractivity contribution >= 4 is 14.2 Å². The van der Waals surface area contributed by atoms with E-state index in [1.165, 1.54) is 5.56 Å². The minimum Gasteiger partial charge on any atom is -0.403 e. The minimum atomic E-state index is -0.375. The summed E-state index contributed by atoms with van der Waals surface area (Å²) in [5, 5.41) is 0. The molecule has 148 valence electrons. The number of hydrogen-bond acceptors (Lipinski definition) is 4. The summed E-state index contributed by atoms with van der Waals surface area (Å²) in [6, 6.07) is 10.4. The average Bonchev–Trinajstić information content (AvgIpc) is 2.88. The van der Waals surface area contributed by atoms with Crippen LogP contribution in [0.2, 0.25) is 5.82 Å². The molecule has 2 aliphatic heterocycles. The number of rotatable bonds is 4. The molecule has 0 saturated carbocycles. The molecule has 0 amide bonds. The first-order valence-corrected chi connectivity index (χ1v) is 10.0. The summed E-state index contributed by atoms with van der Waals surface area (Å²) in [7, 11) is -0.675. The highest BCUT2D eigenvalue weighted by atomic mass is 16.7. The molecule has 0 N–H and O–H groups in total.